The molecule has 0 fully saturated rings. The average Bonchev–Trinajstić information content (AvgIpc) is 3.39. The second-order valence-electron chi connectivity index (χ2n) is 19.5. The molecule has 1 atom stereocenters. The summed E-state index contributed by atoms with van der Waals surface area (Å²) in [6.45, 7) is 6.44. The molecule has 0 saturated heterocycles. The van der Waals surface area contributed by atoms with E-state index in [2.05, 4.69) is 142 Å². The van der Waals surface area contributed by atoms with Crippen LogP contribution in [0.2, 0.25) is 0 Å². The Hall–Kier alpha value is -4.19. The summed E-state index contributed by atoms with van der Waals surface area (Å²) in [6, 6.07) is 0. The smallest absolute Gasteiger partial charge is 0.306 e. The minimum absolute atomic E-state index is 0.107. The molecule has 6 heteroatoms. The molecule has 0 aromatic rings. The lowest BCUT2D eigenvalue weighted by molar-refractivity contribution is -0.167. The van der Waals surface area contributed by atoms with Gasteiger partial charge < -0.3 is 14.2 Å². The summed E-state index contributed by atoms with van der Waals surface area (Å²) in [5, 5.41) is 0. The second kappa shape index (κ2) is 60.4. The first-order chi connectivity index (χ1) is 36.0. The lowest BCUT2D eigenvalue weighted by Gasteiger charge is -2.18. The molecule has 0 radical (unpaired) electrons. The van der Waals surface area contributed by atoms with Crippen LogP contribution >= 0.6 is 0 Å². The van der Waals surface area contributed by atoms with E-state index in [1.807, 2.05) is 0 Å². The Balaban J connectivity index is 4.53. The van der Waals surface area contributed by atoms with Gasteiger partial charge in [-0.1, -0.05) is 232 Å². The van der Waals surface area contributed by atoms with Gasteiger partial charge in [0.2, 0.25) is 0 Å². The molecule has 0 bridgehead atoms. The number of carbonyl (C=O) groups excluding carboxylic acids is 3. The third-order valence-corrected chi connectivity index (χ3v) is 12.4. The molecular weight excluding hydrogens is 901 g/mol. The molecule has 0 unspecified atom stereocenters. The third-order valence-electron chi connectivity index (χ3n) is 12.4. The van der Waals surface area contributed by atoms with Crippen LogP contribution in [0.1, 0.15) is 265 Å². The number of rotatable bonds is 53. The third kappa shape index (κ3) is 58.6. The predicted octanol–water partition coefficient (Wildman–Crippen LogP) is 20.4. The highest BCUT2D eigenvalue weighted by molar-refractivity contribution is 5.71. The first-order valence-electron chi connectivity index (χ1n) is 30.0. The van der Waals surface area contributed by atoms with Crippen molar-refractivity contribution in [2.45, 2.75) is 271 Å². The lowest BCUT2D eigenvalue weighted by Crippen LogP contribution is -2.30. The van der Waals surface area contributed by atoms with E-state index in [9.17, 15) is 14.4 Å². The first kappa shape index (κ1) is 68.8. The summed E-state index contributed by atoms with van der Waals surface area (Å²) in [7, 11) is 0. The molecule has 0 aliphatic carbocycles. The summed E-state index contributed by atoms with van der Waals surface area (Å²) in [4.78, 5) is 38.2. The monoisotopic (exact) mass is 1010 g/mol. The van der Waals surface area contributed by atoms with Gasteiger partial charge in [0.1, 0.15) is 13.2 Å². The van der Waals surface area contributed by atoms with Gasteiger partial charge in [-0.15, -0.1) is 0 Å². The van der Waals surface area contributed by atoms with Gasteiger partial charge in [-0.25, -0.2) is 0 Å². The summed E-state index contributed by atoms with van der Waals surface area (Å²) in [6.07, 6.45) is 83.3. The minimum Gasteiger partial charge on any atom is -0.462 e. The maximum absolute atomic E-state index is 12.9. The Morgan fingerprint density at radius 1 is 0.288 bits per heavy atom. The maximum Gasteiger partial charge on any atom is 0.306 e. The van der Waals surface area contributed by atoms with Gasteiger partial charge in [-0.05, 0) is 135 Å². The van der Waals surface area contributed by atoms with E-state index < -0.39 is 6.10 Å². The quantitative estimate of drug-likeness (QED) is 0.0261. The highest BCUT2D eigenvalue weighted by Crippen LogP contribution is 2.14. The van der Waals surface area contributed by atoms with Crippen molar-refractivity contribution in [1.82, 2.24) is 0 Å². The Bertz CT molecular complexity index is 1540. The zero-order valence-corrected chi connectivity index (χ0v) is 47.4. The number of allylic oxidation sites excluding steroid dienone is 20. The predicted molar refractivity (Wildman–Crippen MR) is 316 cm³/mol. The minimum atomic E-state index is -0.815. The van der Waals surface area contributed by atoms with E-state index in [-0.39, 0.29) is 37.5 Å². The van der Waals surface area contributed by atoms with Crippen LogP contribution in [0.5, 0.6) is 0 Å². The number of hydrogen-bond acceptors (Lipinski definition) is 6. The highest BCUT2D eigenvalue weighted by Gasteiger charge is 2.19. The van der Waals surface area contributed by atoms with E-state index in [4.69, 9.17) is 14.2 Å². The molecule has 0 aliphatic rings. The summed E-state index contributed by atoms with van der Waals surface area (Å²) < 4.78 is 16.8. The molecule has 73 heavy (non-hydrogen) atoms. The van der Waals surface area contributed by atoms with Crippen LogP contribution in [0.25, 0.3) is 0 Å². The van der Waals surface area contributed by atoms with E-state index in [0.717, 1.165) is 122 Å². The molecule has 414 valence electrons. The number of carbonyl (C=O) groups is 3. The van der Waals surface area contributed by atoms with Crippen LogP contribution in [-0.4, -0.2) is 37.2 Å². The average molecular weight is 1010 g/mol. The van der Waals surface area contributed by atoms with Gasteiger partial charge in [0.15, 0.2) is 6.10 Å². The standard InChI is InChI=1S/C67H110O6/c1-4-7-10-13-16-19-22-25-28-31-33-36-39-42-45-48-51-54-57-60-66(69)72-63-64(62-71-65(68)59-56-53-50-47-44-41-38-35-30-27-24-21-18-15-12-9-6-3)73-67(70)61-58-55-52-49-46-43-40-37-34-32-29-26-23-20-17-14-11-8-5-2/h7,10,16-17,19-20,25-30,33-34,36-37,42-43,45-46,64H,4-6,8-9,11-15,18,21-24,31-32,35,38-41,44,47-63H2,1-3H3/b10-7+,19-16+,20-17+,28-25+,29-26+,30-27+,36-33+,37-34+,45-42+,46-43+/t64-/m1/s1. The van der Waals surface area contributed by atoms with Crippen molar-refractivity contribution in [3.63, 3.8) is 0 Å². The van der Waals surface area contributed by atoms with Crippen LogP contribution in [0.4, 0.5) is 0 Å². The van der Waals surface area contributed by atoms with Gasteiger partial charge in [0, 0.05) is 19.3 Å². The largest absolute Gasteiger partial charge is 0.462 e. The highest BCUT2D eigenvalue weighted by atomic mass is 16.6. The fraction of sp³-hybridized carbons (Fsp3) is 0.657. The molecule has 0 rings (SSSR count). The van der Waals surface area contributed by atoms with Gasteiger partial charge in [-0.2, -0.15) is 0 Å². The molecule has 0 spiro atoms. The van der Waals surface area contributed by atoms with Gasteiger partial charge in [0.25, 0.3) is 0 Å². The van der Waals surface area contributed by atoms with Crippen LogP contribution in [0.3, 0.4) is 0 Å². The van der Waals surface area contributed by atoms with Crippen LogP contribution in [0.15, 0.2) is 122 Å². The van der Waals surface area contributed by atoms with Crippen molar-refractivity contribution < 1.29 is 28.6 Å². The Kier molecular flexibility index (Phi) is 56.9. The topological polar surface area (TPSA) is 78.9 Å². The van der Waals surface area contributed by atoms with Crippen molar-refractivity contribution in [1.29, 1.82) is 0 Å². The molecule has 0 N–H and O–H groups in total. The van der Waals surface area contributed by atoms with Crippen molar-refractivity contribution in [2.75, 3.05) is 13.2 Å². The second-order valence-corrected chi connectivity index (χ2v) is 19.5. The maximum atomic E-state index is 12.9. The van der Waals surface area contributed by atoms with Gasteiger partial charge in [-0.3, -0.25) is 14.4 Å². The summed E-state index contributed by atoms with van der Waals surface area (Å²) in [5.41, 5.74) is 0. The number of unbranched alkanes of at least 4 members (excludes halogenated alkanes) is 22. The summed E-state index contributed by atoms with van der Waals surface area (Å²) >= 11 is 0. The normalized spacial score (nSPS) is 13.0. The van der Waals surface area contributed by atoms with Crippen molar-refractivity contribution in [3.8, 4) is 0 Å². The van der Waals surface area contributed by atoms with Crippen LogP contribution in [0, 0.1) is 0 Å². The molecule has 6 nitrogen and oxygen atoms in total. The zero-order valence-electron chi connectivity index (χ0n) is 47.4. The van der Waals surface area contributed by atoms with Gasteiger partial charge in [0.05, 0.1) is 0 Å². The van der Waals surface area contributed by atoms with E-state index in [1.165, 1.54) is 103 Å². The molecule has 0 saturated carbocycles. The van der Waals surface area contributed by atoms with E-state index >= 15 is 0 Å². The molecule has 0 aliphatic heterocycles. The lowest BCUT2D eigenvalue weighted by atomic mass is 10.1. The summed E-state index contributed by atoms with van der Waals surface area (Å²) in [5.74, 6) is -0.974. The number of ether oxygens (including phenoxy) is 3. The zero-order chi connectivity index (χ0) is 52.9. The molecule has 0 heterocycles. The molecule has 0 aromatic heterocycles. The van der Waals surface area contributed by atoms with Crippen molar-refractivity contribution in [3.05, 3.63) is 122 Å². The molecule has 0 amide bonds. The first-order valence-corrected chi connectivity index (χ1v) is 30.0. The van der Waals surface area contributed by atoms with Crippen molar-refractivity contribution >= 4 is 17.9 Å². The number of hydrogen-bond donors (Lipinski definition) is 0. The van der Waals surface area contributed by atoms with E-state index in [0.29, 0.717) is 12.8 Å². The van der Waals surface area contributed by atoms with E-state index in [1.54, 1.807) is 0 Å². The molecular formula is C67H110O6. The Morgan fingerprint density at radius 2 is 0.534 bits per heavy atom. The fourth-order valence-electron chi connectivity index (χ4n) is 7.92. The van der Waals surface area contributed by atoms with Gasteiger partial charge >= 0.3 is 17.9 Å². The van der Waals surface area contributed by atoms with Crippen LogP contribution < -0.4 is 0 Å². The SMILES string of the molecule is CC/C=C/C/C=C/C/C=C/C/C=C/C/C=C/CCCCCC(=O)OC[C@@H](COC(=O)CCCCCCCCC/C=C/CCCCCCCC)OC(=O)CCCCC/C=C/C/C=C/C/C=C/C/C=C/CCCCC. The molecule has 0 aromatic carbocycles. The fourth-order valence-corrected chi connectivity index (χ4v) is 7.92. The van der Waals surface area contributed by atoms with Crippen molar-refractivity contribution in [2.24, 2.45) is 0 Å². The Labute approximate surface area is 450 Å². The van der Waals surface area contributed by atoms with Crippen LogP contribution in [-0.2, 0) is 28.6 Å². The Morgan fingerprint density at radius 3 is 0.890 bits per heavy atom. The number of esters is 3.